The minimum Gasteiger partial charge on any atom is -0.338 e. The summed E-state index contributed by atoms with van der Waals surface area (Å²) in [4.78, 5) is 14.3. The van der Waals surface area contributed by atoms with E-state index in [0.29, 0.717) is 17.8 Å². The number of para-hydroxylation sites is 1. The van der Waals surface area contributed by atoms with Crippen molar-refractivity contribution in [1.29, 1.82) is 5.26 Å². The zero-order valence-corrected chi connectivity index (χ0v) is 13.1. The van der Waals surface area contributed by atoms with Crippen LogP contribution in [0.5, 0.6) is 0 Å². The number of nitrogens with one attached hydrogen (secondary N) is 2. The summed E-state index contributed by atoms with van der Waals surface area (Å²) in [7, 11) is 0. The van der Waals surface area contributed by atoms with Crippen LogP contribution in [0.2, 0.25) is 0 Å². The average Bonchev–Trinajstić information content (AvgIpc) is 2.54. The van der Waals surface area contributed by atoms with Crippen molar-refractivity contribution in [2.45, 2.75) is 26.2 Å². The monoisotopic (exact) mass is 300 g/mol. The first-order chi connectivity index (χ1) is 10.7. The van der Waals surface area contributed by atoms with Crippen molar-refractivity contribution < 1.29 is 4.79 Å². The topological polar surface area (TPSA) is 68.2 Å². The molecule has 2 N–H and O–H groups in total. The fourth-order valence-electron chi connectivity index (χ4n) is 2.65. The number of carbonyl (C=O) groups excluding carboxylic acids is 1. The fraction of sp³-hybridized carbons (Fsp3) is 0.529. The lowest BCUT2D eigenvalue weighted by Crippen LogP contribution is -2.36. The van der Waals surface area contributed by atoms with E-state index in [1.165, 1.54) is 25.9 Å². The Morgan fingerprint density at radius 2 is 2.09 bits per heavy atom. The van der Waals surface area contributed by atoms with Gasteiger partial charge >= 0.3 is 6.03 Å². The number of nitrogens with zero attached hydrogens (tertiary/aromatic N) is 2. The second-order valence-corrected chi connectivity index (χ2v) is 5.92. The van der Waals surface area contributed by atoms with Crippen LogP contribution < -0.4 is 10.6 Å². The molecule has 1 heterocycles. The molecule has 1 aromatic carbocycles. The Morgan fingerprint density at radius 1 is 1.36 bits per heavy atom. The van der Waals surface area contributed by atoms with E-state index < -0.39 is 0 Å². The van der Waals surface area contributed by atoms with E-state index in [9.17, 15) is 4.79 Å². The molecule has 1 aliphatic heterocycles. The minimum atomic E-state index is -0.255. The van der Waals surface area contributed by atoms with Crippen molar-refractivity contribution in [2.75, 3.05) is 31.5 Å². The van der Waals surface area contributed by atoms with Gasteiger partial charge in [-0.2, -0.15) is 5.26 Å². The third-order valence-electron chi connectivity index (χ3n) is 4.11. The molecule has 0 saturated carbocycles. The summed E-state index contributed by atoms with van der Waals surface area (Å²) in [5, 5.41) is 14.5. The first-order valence-electron chi connectivity index (χ1n) is 7.95. The molecule has 1 aliphatic rings. The van der Waals surface area contributed by atoms with Crippen molar-refractivity contribution in [3.8, 4) is 6.07 Å². The minimum absolute atomic E-state index is 0.255. The molecule has 1 saturated heterocycles. The Balaban J connectivity index is 1.65. The number of benzene rings is 1. The lowest BCUT2D eigenvalue weighted by atomic mass is 9.99. The van der Waals surface area contributed by atoms with Crippen LogP contribution in [0.15, 0.2) is 24.3 Å². The summed E-state index contributed by atoms with van der Waals surface area (Å²) in [5.41, 5.74) is 1.02. The Labute approximate surface area is 132 Å². The Hall–Kier alpha value is -2.06. The molecule has 22 heavy (non-hydrogen) atoms. The molecule has 0 aliphatic carbocycles. The predicted octanol–water partition coefficient (Wildman–Crippen LogP) is 2.80. The standard InChI is InChI=1S/C17H24N4O/c1-14-7-11-21(12-8-14)10-4-9-19-17(22)20-16-6-3-2-5-15(16)13-18/h2-3,5-6,14H,4,7-12H2,1H3,(H2,19,20,22). The molecule has 2 rings (SSSR count). The molecule has 0 bridgehead atoms. The molecule has 5 heteroatoms. The first kappa shape index (κ1) is 16.3. The van der Waals surface area contributed by atoms with E-state index in [1.807, 2.05) is 0 Å². The van der Waals surface area contributed by atoms with Gasteiger partial charge < -0.3 is 15.5 Å². The lowest BCUT2D eigenvalue weighted by Gasteiger charge is -2.30. The number of hydrogen-bond donors (Lipinski definition) is 2. The molecule has 0 spiro atoms. The number of piperidine rings is 1. The summed E-state index contributed by atoms with van der Waals surface area (Å²) in [6.07, 6.45) is 3.50. The number of rotatable bonds is 5. The van der Waals surface area contributed by atoms with Gasteiger partial charge in [0, 0.05) is 6.54 Å². The number of carbonyl (C=O) groups is 1. The molecule has 1 fully saturated rings. The molecule has 1 aromatic rings. The van der Waals surface area contributed by atoms with E-state index in [4.69, 9.17) is 5.26 Å². The van der Waals surface area contributed by atoms with Crippen LogP contribution in [0.25, 0.3) is 0 Å². The Kier molecular flexibility index (Phi) is 6.23. The van der Waals surface area contributed by atoms with E-state index in [-0.39, 0.29) is 6.03 Å². The normalized spacial score (nSPS) is 16.0. The van der Waals surface area contributed by atoms with E-state index >= 15 is 0 Å². The largest absolute Gasteiger partial charge is 0.338 e. The predicted molar refractivity (Wildman–Crippen MR) is 87.6 cm³/mol. The van der Waals surface area contributed by atoms with Crippen LogP contribution in [0, 0.1) is 17.2 Å². The highest BCUT2D eigenvalue weighted by Gasteiger charge is 2.14. The van der Waals surface area contributed by atoms with Crippen molar-refractivity contribution in [3.05, 3.63) is 29.8 Å². The molecular formula is C17H24N4O. The zero-order chi connectivity index (χ0) is 15.8. The molecule has 118 valence electrons. The maximum atomic E-state index is 11.8. The summed E-state index contributed by atoms with van der Waals surface area (Å²) < 4.78 is 0. The van der Waals surface area contributed by atoms with Crippen LogP contribution in [0.1, 0.15) is 31.7 Å². The number of amides is 2. The zero-order valence-electron chi connectivity index (χ0n) is 13.1. The third-order valence-corrected chi connectivity index (χ3v) is 4.11. The fourth-order valence-corrected chi connectivity index (χ4v) is 2.65. The van der Waals surface area contributed by atoms with E-state index in [1.54, 1.807) is 24.3 Å². The SMILES string of the molecule is CC1CCN(CCCNC(=O)Nc2ccccc2C#N)CC1. The summed E-state index contributed by atoms with van der Waals surface area (Å²) in [6.45, 7) is 6.32. The van der Waals surface area contributed by atoms with Crippen LogP contribution in [0.3, 0.4) is 0 Å². The molecule has 0 unspecified atom stereocenters. The van der Waals surface area contributed by atoms with E-state index in [0.717, 1.165) is 18.9 Å². The second-order valence-electron chi connectivity index (χ2n) is 5.92. The highest BCUT2D eigenvalue weighted by atomic mass is 16.2. The number of anilines is 1. The van der Waals surface area contributed by atoms with Gasteiger partial charge in [0.15, 0.2) is 0 Å². The Morgan fingerprint density at radius 3 is 2.82 bits per heavy atom. The molecule has 2 amide bonds. The number of likely N-dealkylation sites (tertiary alicyclic amines) is 1. The van der Waals surface area contributed by atoms with Gasteiger partial charge in [-0.15, -0.1) is 0 Å². The van der Waals surface area contributed by atoms with E-state index in [2.05, 4.69) is 28.5 Å². The molecular weight excluding hydrogens is 276 g/mol. The summed E-state index contributed by atoms with van der Waals surface area (Å²) in [6, 6.07) is 8.81. The number of urea groups is 1. The summed E-state index contributed by atoms with van der Waals surface area (Å²) in [5.74, 6) is 0.848. The van der Waals surface area contributed by atoms with Gasteiger partial charge in [-0.3, -0.25) is 0 Å². The van der Waals surface area contributed by atoms with Crippen molar-refractivity contribution >= 4 is 11.7 Å². The van der Waals surface area contributed by atoms with Gasteiger partial charge in [0.05, 0.1) is 11.3 Å². The third kappa shape index (κ3) is 5.05. The summed E-state index contributed by atoms with van der Waals surface area (Å²) >= 11 is 0. The maximum absolute atomic E-state index is 11.8. The molecule has 0 aromatic heterocycles. The van der Waals surface area contributed by atoms with Crippen molar-refractivity contribution in [3.63, 3.8) is 0 Å². The maximum Gasteiger partial charge on any atom is 0.319 e. The van der Waals surface area contributed by atoms with Crippen LogP contribution in [0.4, 0.5) is 10.5 Å². The second kappa shape index (κ2) is 8.40. The lowest BCUT2D eigenvalue weighted by molar-refractivity contribution is 0.190. The number of nitriles is 1. The van der Waals surface area contributed by atoms with Gasteiger partial charge in [0.1, 0.15) is 6.07 Å². The Bertz CT molecular complexity index is 530. The van der Waals surface area contributed by atoms with Gasteiger partial charge in [-0.05, 0) is 56.9 Å². The van der Waals surface area contributed by atoms with Gasteiger partial charge in [-0.25, -0.2) is 4.79 Å². The van der Waals surface area contributed by atoms with Crippen LogP contribution in [-0.4, -0.2) is 37.1 Å². The van der Waals surface area contributed by atoms with Crippen molar-refractivity contribution in [1.82, 2.24) is 10.2 Å². The number of hydrogen-bond acceptors (Lipinski definition) is 3. The quantitative estimate of drug-likeness (QED) is 0.822. The van der Waals surface area contributed by atoms with Gasteiger partial charge in [0.25, 0.3) is 0 Å². The molecule has 0 atom stereocenters. The van der Waals surface area contributed by atoms with Gasteiger partial charge in [0.2, 0.25) is 0 Å². The molecule has 0 radical (unpaired) electrons. The highest BCUT2D eigenvalue weighted by molar-refractivity contribution is 5.90. The first-order valence-corrected chi connectivity index (χ1v) is 7.95. The smallest absolute Gasteiger partial charge is 0.319 e. The highest BCUT2D eigenvalue weighted by Crippen LogP contribution is 2.16. The van der Waals surface area contributed by atoms with Crippen LogP contribution >= 0.6 is 0 Å². The van der Waals surface area contributed by atoms with Gasteiger partial charge in [-0.1, -0.05) is 19.1 Å². The average molecular weight is 300 g/mol. The van der Waals surface area contributed by atoms with Crippen LogP contribution in [-0.2, 0) is 0 Å². The van der Waals surface area contributed by atoms with Crippen molar-refractivity contribution in [2.24, 2.45) is 5.92 Å². The molecule has 5 nitrogen and oxygen atoms in total.